The summed E-state index contributed by atoms with van der Waals surface area (Å²) in [5, 5.41) is 0.153. The quantitative estimate of drug-likeness (QED) is 0.778. The van der Waals surface area contributed by atoms with Gasteiger partial charge in [0.25, 0.3) is 0 Å². The molecular formula is C12H16ClNO4S. The number of carbonyl (C=O) groups is 1. The second-order valence-electron chi connectivity index (χ2n) is 4.14. The number of nitrogens with zero attached hydrogens (tertiary/aromatic N) is 1. The van der Waals surface area contributed by atoms with Crippen LogP contribution in [0.4, 0.5) is 0 Å². The summed E-state index contributed by atoms with van der Waals surface area (Å²) in [6.45, 7) is 1.63. The van der Waals surface area contributed by atoms with Crippen molar-refractivity contribution in [3.8, 4) is 0 Å². The monoisotopic (exact) mass is 305 g/mol. The maximum Gasteiger partial charge on any atom is 0.309 e. The molecule has 5 nitrogen and oxygen atoms in total. The number of hydrogen-bond acceptors (Lipinski definition) is 4. The standard InChI is InChI=1S/C12H16ClNO4S/c1-9(12(15)18-3)8-14(2)19(16,17)11-7-5-4-6-10(11)13/h4-7,9H,8H2,1-3H3. The van der Waals surface area contributed by atoms with E-state index in [2.05, 4.69) is 4.74 Å². The van der Waals surface area contributed by atoms with Gasteiger partial charge in [0.15, 0.2) is 0 Å². The number of benzene rings is 1. The fourth-order valence-corrected chi connectivity index (χ4v) is 3.33. The van der Waals surface area contributed by atoms with Crippen LogP contribution in [0.1, 0.15) is 6.92 Å². The molecule has 0 saturated heterocycles. The van der Waals surface area contributed by atoms with Crippen molar-refractivity contribution in [2.24, 2.45) is 5.92 Å². The van der Waals surface area contributed by atoms with Gasteiger partial charge in [0, 0.05) is 13.6 Å². The third kappa shape index (κ3) is 3.68. The molecule has 0 fully saturated rings. The summed E-state index contributed by atoms with van der Waals surface area (Å²) in [5.74, 6) is -1.01. The zero-order valence-electron chi connectivity index (χ0n) is 11.0. The van der Waals surface area contributed by atoms with Crippen LogP contribution < -0.4 is 0 Å². The van der Waals surface area contributed by atoms with Gasteiger partial charge in [0.05, 0.1) is 18.1 Å². The van der Waals surface area contributed by atoms with Crippen LogP contribution in [0, 0.1) is 5.92 Å². The van der Waals surface area contributed by atoms with Crippen molar-refractivity contribution >= 4 is 27.6 Å². The van der Waals surface area contributed by atoms with Crippen molar-refractivity contribution in [2.75, 3.05) is 20.7 Å². The first-order valence-corrected chi connectivity index (χ1v) is 7.41. The van der Waals surface area contributed by atoms with Crippen LogP contribution in [0.25, 0.3) is 0 Å². The lowest BCUT2D eigenvalue weighted by molar-refractivity contribution is -0.144. The minimum absolute atomic E-state index is 0.0243. The average molecular weight is 306 g/mol. The maximum absolute atomic E-state index is 12.3. The highest BCUT2D eigenvalue weighted by Gasteiger charge is 2.26. The molecule has 0 aliphatic carbocycles. The van der Waals surface area contributed by atoms with Gasteiger partial charge in [-0.25, -0.2) is 12.7 Å². The van der Waals surface area contributed by atoms with Crippen LogP contribution in [0.3, 0.4) is 0 Å². The summed E-state index contributed by atoms with van der Waals surface area (Å²) in [4.78, 5) is 11.3. The van der Waals surface area contributed by atoms with E-state index in [1.807, 2.05) is 0 Å². The molecule has 1 atom stereocenters. The van der Waals surface area contributed by atoms with E-state index in [1.165, 1.54) is 26.3 Å². The molecule has 0 aliphatic rings. The second-order valence-corrected chi connectivity index (χ2v) is 6.56. The summed E-state index contributed by atoms with van der Waals surface area (Å²) >= 11 is 5.88. The van der Waals surface area contributed by atoms with Crippen molar-refractivity contribution in [3.05, 3.63) is 29.3 Å². The number of sulfonamides is 1. The Balaban J connectivity index is 2.96. The van der Waals surface area contributed by atoms with Crippen LogP contribution in [-0.4, -0.2) is 39.4 Å². The van der Waals surface area contributed by atoms with Gasteiger partial charge in [0.2, 0.25) is 10.0 Å². The molecule has 7 heteroatoms. The van der Waals surface area contributed by atoms with Crippen molar-refractivity contribution in [1.82, 2.24) is 4.31 Å². The lowest BCUT2D eigenvalue weighted by atomic mass is 10.2. The van der Waals surface area contributed by atoms with E-state index < -0.39 is 21.9 Å². The third-order valence-corrected chi connectivity index (χ3v) is 4.98. The van der Waals surface area contributed by atoms with Crippen molar-refractivity contribution in [2.45, 2.75) is 11.8 Å². The Morgan fingerprint density at radius 3 is 2.53 bits per heavy atom. The average Bonchev–Trinajstić information content (AvgIpc) is 2.37. The van der Waals surface area contributed by atoms with Gasteiger partial charge < -0.3 is 4.74 Å². The molecule has 1 aromatic rings. The lowest BCUT2D eigenvalue weighted by Crippen LogP contribution is -2.34. The van der Waals surface area contributed by atoms with E-state index in [1.54, 1.807) is 19.1 Å². The van der Waals surface area contributed by atoms with Gasteiger partial charge in [-0.3, -0.25) is 4.79 Å². The Kier molecular flexibility index (Phi) is 5.34. The van der Waals surface area contributed by atoms with Crippen LogP contribution in [0.5, 0.6) is 0 Å². The molecule has 0 bridgehead atoms. The zero-order valence-corrected chi connectivity index (χ0v) is 12.5. The van der Waals surface area contributed by atoms with E-state index in [9.17, 15) is 13.2 Å². The Morgan fingerprint density at radius 2 is 2.00 bits per heavy atom. The predicted molar refractivity (Wildman–Crippen MR) is 72.4 cm³/mol. The first-order chi connectivity index (χ1) is 8.80. The number of rotatable bonds is 5. The van der Waals surface area contributed by atoms with E-state index in [-0.39, 0.29) is 16.5 Å². The van der Waals surface area contributed by atoms with Crippen LogP contribution in [0.15, 0.2) is 29.2 Å². The highest BCUT2D eigenvalue weighted by Crippen LogP contribution is 2.23. The molecule has 0 amide bonds. The Bertz CT molecular complexity index is 559. The van der Waals surface area contributed by atoms with E-state index in [4.69, 9.17) is 11.6 Å². The van der Waals surface area contributed by atoms with Gasteiger partial charge in [-0.05, 0) is 12.1 Å². The molecule has 1 aromatic carbocycles. The molecule has 19 heavy (non-hydrogen) atoms. The summed E-state index contributed by atoms with van der Waals surface area (Å²) in [5.41, 5.74) is 0. The number of hydrogen-bond donors (Lipinski definition) is 0. The number of methoxy groups -OCH3 is 1. The van der Waals surface area contributed by atoms with Crippen molar-refractivity contribution in [1.29, 1.82) is 0 Å². The van der Waals surface area contributed by atoms with E-state index in [0.717, 1.165) is 4.31 Å². The maximum atomic E-state index is 12.3. The van der Waals surface area contributed by atoms with Gasteiger partial charge in [-0.1, -0.05) is 30.7 Å². The summed E-state index contributed by atoms with van der Waals surface area (Å²) in [7, 11) is -1.05. The molecule has 0 N–H and O–H groups in total. The van der Waals surface area contributed by atoms with Gasteiger partial charge in [-0.2, -0.15) is 0 Å². The highest BCUT2D eigenvalue weighted by atomic mass is 35.5. The normalized spacial score (nSPS) is 13.3. The minimum Gasteiger partial charge on any atom is -0.469 e. The first kappa shape index (κ1) is 15.9. The molecule has 0 spiro atoms. The smallest absolute Gasteiger partial charge is 0.309 e. The zero-order chi connectivity index (χ0) is 14.6. The summed E-state index contributed by atoms with van der Waals surface area (Å²) in [6.07, 6.45) is 0. The number of carbonyl (C=O) groups excluding carboxylic acids is 1. The minimum atomic E-state index is -3.71. The second kappa shape index (κ2) is 6.36. The number of ether oxygens (including phenoxy) is 1. The number of esters is 1. The fourth-order valence-electron chi connectivity index (χ4n) is 1.58. The Hall–Kier alpha value is -1.11. The summed E-state index contributed by atoms with van der Waals surface area (Å²) < 4.78 is 30.2. The van der Waals surface area contributed by atoms with E-state index >= 15 is 0 Å². The Morgan fingerprint density at radius 1 is 1.42 bits per heavy atom. The molecular weight excluding hydrogens is 290 g/mol. The number of halogens is 1. The predicted octanol–water partition coefficient (Wildman–Crippen LogP) is 1.77. The molecule has 1 rings (SSSR count). The Labute approximate surface area is 118 Å². The molecule has 0 radical (unpaired) electrons. The van der Waals surface area contributed by atoms with Gasteiger partial charge in [-0.15, -0.1) is 0 Å². The third-order valence-electron chi connectivity index (χ3n) is 2.66. The van der Waals surface area contributed by atoms with Crippen LogP contribution in [-0.2, 0) is 19.6 Å². The summed E-state index contributed by atoms with van der Waals surface area (Å²) in [6, 6.07) is 6.18. The van der Waals surface area contributed by atoms with Gasteiger partial charge >= 0.3 is 5.97 Å². The molecule has 0 saturated carbocycles. The van der Waals surface area contributed by atoms with E-state index in [0.29, 0.717) is 0 Å². The molecule has 0 aliphatic heterocycles. The topological polar surface area (TPSA) is 63.7 Å². The SMILES string of the molecule is COC(=O)C(C)CN(C)S(=O)(=O)c1ccccc1Cl. The van der Waals surface area contributed by atoms with Crippen molar-refractivity contribution in [3.63, 3.8) is 0 Å². The highest BCUT2D eigenvalue weighted by molar-refractivity contribution is 7.89. The fraction of sp³-hybridized carbons (Fsp3) is 0.417. The van der Waals surface area contributed by atoms with Crippen LogP contribution >= 0.6 is 11.6 Å². The van der Waals surface area contributed by atoms with Crippen LogP contribution in [0.2, 0.25) is 5.02 Å². The van der Waals surface area contributed by atoms with Crippen molar-refractivity contribution < 1.29 is 17.9 Å². The molecule has 0 aromatic heterocycles. The molecule has 106 valence electrons. The van der Waals surface area contributed by atoms with Gasteiger partial charge in [0.1, 0.15) is 4.90 Å². The largest absolute Gasteiger partial charge is 0.469 e. The molecule has 0 heterocycles. The molecule has 1 unspecified atom stereocenters. The first-order valence-electron chi connectivity index (χ1n) is 5.59. The lowest BCUT2D eigenvalue weighted by Gasteiger charge is -2.20.